The third kappa shape index (κ3) is 7.85. The van der Waals surface area contributed by atoms with E-state index in [9.17, 15) is 0 Å². The highest BCUT2D eigenvalue weighted by Gasteiger charge is 1.92. The van der Waals surface area contributed by atoms with Gasteiger partial charge >= 0.3 is 7.32 Å². The van der Waals surface area contributed by atoms with Gasteiger partial charge in [0.15, 0.2) is 0 Å². The zero-order valence-corrected chi connectivity index (χ0v) is 7.50. The average Bonchev–Trinajstić information content (AvgIpc) is 1.84. The summed E-state index contributed by atoms with van der Waals surface area (Å²) in [6.45, 7) is 0. The van der Waals surface area contributed by atoms with Gasteiger partial charge in [0.25, 0.3) is 0 Å². The first-order chi connectivity index (χ1) is 5.52. The van der Waals surface area contributed by atoms with Crippen LogP contribution in [0.15, 0.2) is 24.3 Å². The number of halogens is 2. The Morgan fingerprint density at radius 1 is 1.00 bits per heavy atom. The second-order valence-corrected chi connectivity index (χ2v) is 2.66. The van der Waals surface area contributed by atoms with Crippen molar-refractivity contribution in [2.24, 2.45) is 0 Å². The van der Waals surface area contributed by atoms with E-state index >= 15 is 0 Å². The lowest BCUT2D eigenvalue weighted by molar-refractivity contribution is 0.278. The molecular weight excluding hydrogens is 202 g/mol. The zero-order valence-electron chi connectivity index (χ0n) is 5.98. The van der Waals surface area contributed by atoms with Crippen molar-refractivity contribution in [1.29, 1.82) is 0 Å². The molecule has 0 aliphatic rings. The first-order valence-corrected chi connectivity index (χ1v) is 3.73. The molecule has 0 aliphatic carbocycles. The summed E-state index contributed by atoms with van der Waals surface area (Å²) in [5, 5.41) is 22.9. The molecule has 3 nitrogen and oxygen atoms in total. The maximum absolute atomic E-state index is 7.17. The molecular formula is C6H7BCl2O3. The molecule has 0 saturated heterocycles. The number of rotatable bonds is 0. The van der Waals surface area contributed by atoms with E-state index in [0.29, 0.717) is 10.0 Å². The van der Waals surface area contributed by atoms with Crippen LogP contribution in [0, 0.1) is 0 Å². The zero-order chi connectivity index (χ0) is 9.56. The van der Waals surface area contributed by atoms with Crippen LogP contribution in [0.3, 0.4) is 0 Å². The van der Waals surface area contributed by atoms with Crippen LogP contribution in [0.2, 0.25) is 10.0 Å². The number of benzene rings is 1. The van der Waals surface area contributed by atoms with E-state index in [2.05, 4.69) is 0 Å². The topological polar surface area (TPSA) is 60.7 Å². The molecule has 0 unspecified atom stereocenters. The number of hydrogen-bond donors (Lipinski definition) is 3. The van der Waals surface area contributed by atoms with Gasteiger partial charge in [-0.2, -0.15) is 0 Å². The van der Waals surface area contributed by atoms with Gasteiger partial charge in [-0.25, -0.2) is 0 Å². The van der Waals surface area contributed by atoms with Crippen molar-refractivity contribution in [2.45, 2.75) is 0 Å². The molecule has 0 fully saturated rings. The predicted octanol–water partition coefficient (Wildman–Crippen LogP) is 0.942. The molecule has 1 rings (SSSR count). The Hall–Kier alpha value is -0.255. The summed E-state index contributed by atoms with van der Waals surface area (Å²) in [5.74, 6) is 0. The highest BCUT2D eigenvalue weighted by molar-refractivity contribution is 6.34. The maximum atomic E-state index is 7.17. The van der Waals surface area contributed by atoms with Gasteiger partial charge in [0.1, 0.15) is 0 Å². The van der Waals surface area contributed by atoms with Crippen molar-refractivity contribution in [3.8, 4) is 0 Å². The van der Waals surface area contributed by atoms with E-state index in [4.69, 9.17) is 38.3 Å². The lowest BCUT2D eigenvalue weighted by atomic mass is 10.3. The SMILES string of the molecule is Clc1cccc(Cl)c1.OB(O)O. The van der Waals surface area contributed by atoms with E-state index in [1.165, 1.54) is 0 Å². The summed E-state index contributed by atoms with van der Waals surface area (Å²) in [6, 6.07) is 7.08. The second kappa shape index (κ2) is 6.28. The van der Waals surface area contributed by atoms with Gasteiger partial charge in [-0.05, 0) is 18.2 Å². The van der Waals surface area contributed by atoms with Gasteiger partial charge in [-0.15, -0.1) is 0 Å². The van der Waals surface area contributed by atoms with E-state index in [1.54, 1.807) is 18.2 Å². The van der Waals surface area contributed by atoms with Crippen LogP contribution < -0.4 is 0 Å². The lowest BCUT2D eigenvalue weighted by Crippen LogP contribution is -2.07. The summed E-state index contributed by atoms with van der Waals surface area (Å²) >= 11 is 11.1. The first-order valence-electron chi connectivity index (χ1n) is 2.97. The fourth-order valence-corrected chi connectivity index (χ4v) is 0.896. The molecule has 0 amide bonds. The van der Waals surface area contributed by atoms with Crippen molar-refractivity contribution >= 4 is 30.5 Å². The molecule has 12 heavy (non-hydrogen) atoms. The van der Waals surface area contributed by atoms with E-state index in [1.807, 2.05) is 6.07 Å². The van der Waals surface area contributed by atoms with Crippen molar-refractivity contribution in [2.75, 3.05) is 0 Å². The van der Waals surface area contributed by atoms with Crippen LogP contribution >= 0.6 is 23.2 Å². The third-order valence-electron chi connectivity index (χ3n) is 0.787. The largest absolute Gasteiger partial charge is 0.631 e. The van der Waals surface area contributed by atoms with Gasteiger partial charge in [-0.3, -0.25) is 0 Å². The average molecular weight is 209 g/mol. The van der Waals surface area contributed by atoms with Gasteiger partial charge in [0, 0.05) is 10.0 Å². The predicted molar refractivity (Wildman–Crippen MR) is 48.9 cm³/mol. The normalized spacial score (nSPS) is 8.42. The van der Waals surface area contributed by atoms with Crippen LogP contribution in [-0.4, -0.2) is 22.4 Å². The van der Waals surface area contributed by atoms with Gasteiger partial charge in [0.05, 0.1) is 0 Å². The van der Waals surface area contributed by atoms with Gasteiger partial charge < -0.3 is 15.1 Å². The molecule has 1 aromatic carbocycles. The Morgan fingerprint density at radius 2 is 1.33 bits per heavy atom. The molecule has 0 aromatic heterocycles. The quantitative estimate of drug-likeness (QED) is 0.557. The van der Waals surface area contributed by atoms with Crippen molar-refractivity contribution in [1.82, 2.24) is 0 Å². The second-order valence-electron chi connectivity index (χ2n) is 1.79. The molecule has 0 aliphatic heterocycles. The van der Waals surface area contributed by atoms with Crippen LogP contribution in [-0.2, 0) is 0 Å². The molecule has 0 spiro atoms. The fraction of sp³-hybridized carbons (Fsp3) is 0. The summed E-state index contributed by atoms with van der Waals surface area (Å²) < 4.78 is 0. The molecule has 0 heterocycles. The van der Waals surface area contributed by atoms with Crippen molar-refractivity contribution in [3.05, 3.63) is 34.3 Å². The summed E-state index contributed by atoms with van der Waals surface area (Å²) in [7, 11) is -2.17. The molecule has 3 N–H and O–H groups in total. The van der Waals surface area contributed by atoms with Crippen LogP contribution in [0.4, 0.5) is 0 Å². The molecule has 6 heteroatoms. The van der Waals surface area contributed by atoms with Crippen molar-refractivity contribution < 1.29 is 15.1 Å². The third-order valence-corrected chi connectivity index (χ3v) is 1.26. The summed E-state index contributed by atoms with van der Waals surface area (Å²) in [4.78, 5) is 0. The molecule has 0 radical (unpaired) electrons. The van der Waals surface area contributed by atoms with Gasteiger partial charge in [-0.1, -0.05) is 29.3 Å². The highest BCUT2D eigenvalue weighted by Crippen LogP contribution is 2.13. The molecule has 1 aromatic rings. The molecule has 0 bridgehead atoms. The Morgan fingerprint density at radius 3 is 1.50 bits per heavy atom. The monoisotopic (exact) mass is 208 g/mol. The van der Waals surface area contributed by atoms with E-state index in [-0.39, 0.29) is 0 Å². The molecule has 0 saturated carbocycles. The van der Waals surface area contributed by atoms with Crippen LogP contribution in [0.25, 0.3) is 0 Å². The lowest BCUT2D eigenvalue weighted by Gasteiger charge is -1.86. The van der Waals surface area contributed by atoms with Gasteiger partial charge in [0.2, 0.25) is 0 Å². The van der Waals surface area contributed by atoms with E-state index in [0.717, 1.165) is 0 Å². The fourth-order valence-electron chi connectivity index (χ4n) is 0.460. The minimum atomic E-state index is -2.17. The minimum absolute atomic E-state index is 0.678. The van der Waals surface area contributed by atoms with Crippen LogP contribution in [0.5, 0.6) is 0 Å². The molecule has 0 atom stereocenters. The van der Waals surface area contributed by atoms with Crippen LogP contribution in [0.1, 0.15) is 0 Å². The minimum Gasteiger partial charge on any atom is -0.402 e. The Bertz CT molecular complexity index is 212. The van der Waals surface area contributed by atoms with Crippen molar-refractivity contribution in [3.63, 3.8) is 0 Å². The van der Waals surface area contributed by atoms with E-state index < -0.39 is 7.32 Å². The summed E-state index contributed by atoms with van der Waals surface area (Å²) in [6.07, 6.45) is 0. The smallest absolute Gasteiger partial charge is 0.402 e. The Balaban J connectivity index is 0.000000261. The number of hydrogen-bond acceptors (Lipinski definition) is 3. The Kier molecular flexibility index (Phi) is 6.15. The Labute approximate surface area is 80.4 Å². The highest BCUT2D eigenvalue weighted by atomic mass is 35.5. The standard InChI is InChI=1S/C6H4Cl2.BH3O3/c7-5-2-1-3-6(8)4-5;2-1(3)4/h1-4H;2-4H. The molecule has 66 valence electrons. The first kappa shape index (κ1) is 11.7. The maximum Gasteiger partial charge on any atom is 0.631 e. The summed E-state index contributed by atoms with van der Waals surface area (Å²) in [5.41, 5.74) is 0.